The minimum atomic E-state index is -0.529. The normalized spacial score (nSPS) is 10.6. The number of aromatic nitrogens is 2. The van der Waals surface area contributed by atoms with Gasteiger partial charge in [-0.05, 0) is 30.3 Å². The predicted molar refractivity (Wildman–Crippen MR) is 134 cm³/mol. The molecule has 1 amide bonds. The van der Waals surface area contributed by atoms with E-state index in [1.807, 2.05) is 17.5 Å². The molecule has 10 heteroatoms. The monoisotopic (exact) mass is 487 g/mol. The first-order chi connectivity index (χ1) is 16.8. The number of hydrogen-bond donors (Lipinski definition) is 1. The zero-order valence-electron chi connectivity index (χ0n) is 19.0. The molecule has 4 aromatic rings. The van der Waals surface area contributed by atoms with E-state index in [-0.39, 0.29) is 28.9 Å². The topological polar surface area (TPSA) is 118 Å². The molecular formula is C25H21N5O4S. The van der Waals surface area contributed by atoms with E-state index in [9.17, 15) is 19.7 Å². The molecule has 0 saturated carbocycles. The number of amides is 1. The van der Waals surface area contributed by atoms with Crippen LogP contribution in [0.5, 0.6) is 0 Å². The van der Waals surface area contributed by atoms with Crippen LogP contribution in [0, 0.1) is 10.1 Å². The van der Waals surface area contributed by atoms with Crippen molar-refractivity contribution in [3.63, 3.8) is 0 Å². The Balaban J connectivity index is 1.54. The Morgan fingerprint density at radius 1 is 1.06 bits per heavy atom. The number of thiazole rings is 1. The molecule has 0 radical (unpaired) electrons. The Morgan fingerprint density at radius 3 is 2.46 bits per heavy atom. The van der Waals surface area contributed by atoms with Crippen molar-refractivity contribution in [2.75, 3.05) is 19.0 Å². The van der Waals surface area contributed by atoms with Gasteiger partial charge in [-0.2, -0.15) is 0 Å². The van der Waals surface area contributed by atoms with Crippen LogP contribution in [0.25, 0.3) is 11.3 Å². The summed E-state index contributed by atoms with van der Waals surface area (Å²) in [5.74, 6) is -0.910. The first-order valence-electron chi connectivity index (χ1n) is 10.6. The van der Waals surface area contributed by atoms with E-state index in [0.717, 1.165) is 11.3 Å². The van der Waals surface area contributed by atoms with E-state index in [0.29, 0.717) is 10.7 Å². The molecule has 2 aromatic carbocycles. The highest BCUT2D eigenvalue weighted by Crippen LogP contribution is 2.29. The number of nitro benzene ring substituents is 1. The number of anilines is 1. The molecule has 0 aliphatic carbocycles. The number of benzene rings is 2. The average molecular weight is 488 g/mol. The summed E-state index contributed by atoms with van der Waals surface area (Å²) in [5.41, 5.74) is 2.39. The number of carbonyl (C=O) groups excluding carboxylic acids is 2. The third-order valence-corrected chi connectivity index (χ3v) is 6.11. The standard InChI is InChI=1S/C25H21N5O4S/c1-29(2)21-8-7-17(13-22(21)30(33)34)24(31)18-5-3-4-6-19(18)25(32)27-14-23-28-20(15-35-23)16-9-11-26-12-10-16/h3-13,15H,14H2,1-2H3,(H,27,32). The number of nitrogens with zero attached hydrogens (tertiary/aromatic N) is 4. The van der Waals surface area contributed by atoms with Gasteiger partial charge >= 0.3 is 0 Å². The molecule has 0 bridgehead atoms. The lowest BCUT2D eigenvalue weighted by Crippen LogP contribution is -2.25. The van der Waals surface area contributed by atoms with Gasteiger partial charge in [0, 0.05) is 54.6 Å². The second-order valence-electron chi connectivity index (χ2n) is 7.77. The highest BCUT2D eigenvalue weighted by Gasteiger charge is 2.22. The van der Waals surface area contributed by atoms with Crippen molar-refractivity contribution in [1.29, 1.82) is 0 Å². The van der Waals surface area contributed by atoms with Crippen LogP contribution in [-0.2, 0) is 6.54 Å². The molecule has 0 aliphatic heterocycles. The van der Waals surface area contributed by atoms with Gasteiger partial charge in [0.25, 0.3) is 11.6 Å². The minimum Gasteiger partial charge on any atom is -0.372 e. The van der Waals surface area contributed by atoms with Gasteiger partial charge in [-0.25, -0.2) is 4.98 Å². The predicted octanol–water partition coefficient (Wildman–Crippen LogP) is 4.34. The van der Waals surface area contributed by atoms with Gasteiger partial charge in [0.15, 0.2) is 5.78 Å². The number of nitro groups is 1. The van der Waals surface area contributed by atoms with Crippen molar-refractivity contribution in [2.24, 2.45) is 0 Å². The van der Waals surface area contributed by atoms with Crippen molar-refractivity contribution in [3.05, 3.63) is 104 Å². The Kier molecular flexibility index (Phi) is 6.93. The Morgan fingerprint density at radius 2 is 1.77 bits per heavy atom. The van der Waals surface area contributed by atoms with E-state index in [2.05, 4.69) is 15.3 Å². The van der Waals surface area contributed by atoms with Crippen LogP contribution in [0.4, 0.5) is 11.4 Å². The molecule has 0 aliphatic rings. The highest BCUT2D eigenvalue weighted by atomic mass is 32.1. The fourth-order valence-electron chi connectivity index (χ4n) is 3.52. The summed E-state index contributed by atoms with van der Waals surface area (Å²) in [4.78, 5) is 47.3. The first kappa shape index (κ1) is 23.7. The SMILES string of the molecule is CN(C)c1ccc(C(=O)c2ccccc2C(=O)NCc2nc(-c3ccncc3)cs2)cc1[N+](=O)[O-]. The van der Waals surface area contributed by atoms with Gasteiger partial charge in [0.05, 0.1) is 22.7 Å². The maximum Gasteiger partial charge on any atom is 0.293 e. The van der Waals surface area contributed by atoms with Crippen molar-refractivity contribution in [3.8, 4) is 11.3 Å². The van der Waals surface area contributed by atoms with Gasteiger partial charge < -0.3 is 10.2 Å². The summed E-state index contributed by atoms with van der Waals surface area (Å²) < 4.78 is 0. The van der Waals surface area contributed by atoms with Crippen molar-refractivity contribution in [1.82, 2.24) is 15.3 Å². The number of rotatable bonds is 8. The first-order valence-corrected chi connectivity index (χ1v) is 11.5. The molecule has 0 unspecified atom stereocenters. The smallest absolute Gasteiger partial charge is 0.293 e. The van der Waals surface area contributed by atoms with E-state index >= 15 is 0 Å². The van der Waals surface area contributed by atoms with Crippen LogP contribution in [0.2, 0.25) is 0 Å². The second kappa shape index (κ2) is 10.2. The summed E-state index contributed by atoms with van der Waals surface area (Å²) in [6.45, 7) is 0.195. The zero-order chi connectivity index (χ0) is 24.9. The maximum atomic E-state index is 13.2. The summed E-state index contributed by atoms with van der Waals surface area (Å²) in [7, 11) is 3.37. The van der Waals surface area contributed by atoms with Gasteiger partial charge in [-0.1, -0.05) is 18.2 Å². The Bertz CT molecular complexity index is 1400. The van der Waals surface area contributed by atoms with E-state index in [1.165, 1.54) is 35.6 Å². The van der Waals surface area contributed by atoms with Gasteiger partial charge in [0.1, 0.15) is 10.7 Å². The summed E-state index contributed by atoms with van der Waals surface area (Å²) in [6, 6.07) is 14.4. The Hall–Kier alpha value is -4.44. The molecule has 2 aromatic heterocycles. The average Bonchev–Trinajstić information content (AvgIpc) is 3.36. The minimum absolute atomic E-state index is 0.129. The second-order valence-corrected chi connectivity index (χ2v) is 8.72. The van der Waals surface area contributed by atoms with Crippen LogP contribution in [0.15, 0.2) is 72.4 Å². The van der Waals surface area contributed by atoms with Crippen LogP contribution >= 0.6 is 11.3 Å². The fraction of sp³-hybridized carbons (Fsp3) is 0.120. The molecule has 0 spiro atoms. The molecule has 176 valence electrons. The number of pyridine rings is 1. The van der Waals surface area contributed by atoms with E-state index in [4.69, 9.17) is 0 Å². The lowest BCUT2D eigenvalue weighted by atomic mass is 9.97. The molecule has 9 nitrogen and oxygen atoms in total. The van der Waals surface area contributed by atoms with Crippen LogP contribution in [0.1, 0.15) is 31.3 Å². The van der Waals surface area contributed by atoms with Crippen molar-refractivity contribution < 1.29 is 14.5 Å². The fourth-order valence-corrected chi connectivity index (χ4v) is 4.27. The summed E-state index contributed by atoms with van der Waals surface area (Å²) in [6.07, 6.45) is 3.37. The van der Waals surface area contributed by atoms with Gasteiger partial charge in [-0.15, -0.1) is 11.3 Å². The molecule has 1 N–H and O–H groups in total. The molecular weight excluding hydrogens is 466 g/mol. The molecule has 0 atom stereocenters. The van der Waals surface area contributed by atoms with Crippen molar-refractivity contribution in [2.45, 2.75) is 6.54 Å². The third kappa shape index (κ3) is 5.22. The number of hydrogen-bond acceptors (Lipinski definition) is 8. The highest BCUT2D eigenvalue weighted by molar-refractivity contribution is 7.09. The zero-order valence-corrected chi connectivity index (χ0v) is 19.8. The summed E-state index contributed by atoms with van der Waals surface area (Å²) >= 11 is 1.42. The van der Waals surface area contributed by atoms with Crippen molar-refractivity contribution >= 4 is 34.4 Å². The lowest BCUT2D eigenvalue weighted by Gasteiger charge is -2.14. The van der Waals surface area contributed by atoms with Gasteiger partial charge in [0.2, 0.25) is 0 Å². The molecule has 0 fully saturated rings. The van der Waals surface area contributed by atoms with E-state index in [1.54, 1.807) is 49.6 Å². The van der Waals surface area contributed by atoms with Gasteiger partial charge in [-0.3, -0.25) is 24.7 Å². The van der Waals surface area contributed by atoms with E-state index < -0.39 is 16.6 Å². The maximum absolute atomic E-state index is 13.2. The number of ketones is 1. The summed E-state index contributed by atoms with van der Waals surface area (Å²) in [5, 5.41) is 16.9. The number of carbonyl (C=O) groups is 2. The number of nitrogens with one attached hydrogen (secondary N) is 1. The molecule has 0 saturated heterocycles. The van der Waals surface area contributed by atoms with Crippen LogP contribution < -0.4 is 10.2 Å². The largest absolute Gasteiger partial charge is 0.372 e. The Labute approximate surface area is 205 Å². The molecule has 4 rings (SSSR count). The molecule has 35 heavy (non-hydrogen) atoms. The van der Waals surface area contributed by atoms with Crippen LogP contribution in [-0.4, -0.2) is 40.7 Å². The van der Waals surface area contributed by atoms with Crippen LogP contribution in [0.3, 0.4) is 0 Å². The quantitative estimate of drug-likeness (QED) is 0.223. The molecule has 2 heterocycles. The third-order valence-electron chi connectivity index (χ3n) is 5.26. The lowest BCUT2D eigenvalue weighted by molar-refractivity contribution is -0.384.